The van der Waals surface area contributed by atoms with Crippen molar-refractivity contribution in [2.75, 3.05) is 20.7 Å². The van der Waals surface area contributed by atoms with Crippen LogP contribution in [0.4, 0.5) is 0 Å². The van der Waals surface area contributed by atoms with Gasteiger partial charge >= 0.3 is 5.97 Å². The first-order chi connectivity index (χ1) is 10.9. The molecular weight excluding hydrogens is 310 g/mol. The summed E-state index contributed by atoms with van der Waals surface area (Å²) in [6.45, 7) is 6.26. The Hall–Kier alpha value is -1.49. The van der Waals surface area contributed by atoms with E-state index in [1.165, 1.54) is 12.7 Å². The molecule has 1 amide bonds. The summed E-state index contributed by atoms with van der Waals surface area (Å²) >= 11 is 1.65. The maximum absolute atomic E-state index is 12.7. The number of benzene rings is 1. The van der Waals surface area contributed by atoms with Crippen LogP contribution in [0.5, 0.6) is 0 Å². The Morgan fingerprint density at radius 2 is 1.78 bits per heavy atom. The molecule has 128 valence electrons. The molecule has 0 heterocycles. The molecule has 0 spiro atoms. The highest BCUT2D eigenvalue weighted by atomic mass is 32.2. The van der Waals surface area contributed by atoms with Gasteiger partial charge in [-0.2, -0.15) is 0 Å². The molecule has 0 bridgehead atoms. The largest absolute Gasteiger partial charge is 0.469 e. The fourth-order valence-electron chi connectivity index (χ4n) is 2.30. The third-order valence-corrected chi connectivity index (χ3v) is 5.25. The van der Waals surface area contributed by atoms with Crippen LogP contribution in [0.15, 0.2) is 30.3 Å². The molecule has 0 saturated carbocycles. The number of nitrogens with zero attached hydrogens (tertiary/aromatic N) is 1. The lowest BCUT2D eigenvalue weighted by Gasteiger charge is -2.27. The van der Waals surface area contributed by atoms with E-state index in [4.69, 9.17) is 4.74 Å². The van der Waals surface area contributed by atoms with Gasteiger partial charge in [-0.15, -0.1) is 11.8 Å². The second kappa shape index (κ2) is 9.60. The van der Waals surface area contributed by atoms with Crippen molar-refractivity contribution in [1.29, 1.82) is 0 Å². The zero-order valence-electron chi connectivity index (χ0n) is 14.6. The summed E-state index contributed by atoms with van der Waals surface area (Å²) in [7, 11) is 3.12. The molecule has 5 heteroatoms. The highest BCUT2D eigenvalue weighted by Crippen LogP contribution is 2.25. The highest BCUT2D eigenvalue weighted by Gasteiger charge is 2.27. The summed E-state index contributed by atoms with van der Waals surface area (Å²) in [5, 5.41) is -0.120. The zero-order valence-corrected chi connectivity index (χ0v) is 15.4. The topological polar surface area (TPSA) is 46.6 Å². The SMILES string of the molecule is COC(=O)C(C)CN(C)C(=O)C(SCc1ccccc1)C(C)C. The Balaban J connectivity index is 2.65. The minimum Gasteiger partial charge on any atom is -0.469 e. The van der Waals surface area contributed by atoms with Crippen LogP contribution in [-0.4, -0.2) is 42.7 Å². The summed E-state index contributed by atoms with van der Waals surface area (Å²) in [6.07, 6.45) is 0. The van der Waals surface area contributed by atoms with Crippen molar-refractivity contribution in [3.8, 4) is 0 Å². The molecule has 0 aliphatic heterocycles. The van der Waals surface area contributed by atoms with Gasteiger partial charge in [-0.25, -0.2) is 0 Å². The molecule has 0 fully saturated rings. The third-order valence-electron chi connectivity index (χ3n) is 3.65. The fourth-order valence-corrected chi connectivity index (χ4v) is 3.57. The fraction of sp³-hybridized carbons (Fsp3) is 0.556. The van der Waals surface area contributed by atoms with Crippen LogP contribution < -0.4 is 0 Å². The molecule has 1 rings (SSSR count). The summed E-state index contributed by atoms with van der Waals surface area (Å²) in [5.74, 6) is 0.489. The first-order valence-electron chi connectivity index (χ1n) is 7.85. The lowest BCUT2D eigenvalue weighted by atomic mass is 10.1. The van der Waals surface area contributed by atoms with Crippen molar-refractivity contribution in [3.05, 3.63) is 35.9 Å². The Morgan fingerprint density at radius 3 is 2.30 bits per heavy atom. The summed E-state index contributed by atoms with van der Waals surface area (Å²) < 4.78 is 4.72. The van der Waals surface area contributed by atoms with Crippen LogP contribution in [0.1, 0.15) is 26.3 Å². The normalized spacial score (nSPS) is 13.5. The number of hydrogen-bond acceptors (Lipinski definition) is 4. The number of thioether (sulfide) groups is 1. The molecule has 2 unspecified atom stereocenters. The first-order valence-corrected chi connectivity index (χ1v) is 8.90. The standard InChI is InChI=1S/C18H27NO3S/c1-13(2)16(23-12-15-9-7-6-8-10-15)17(20)19(4)11-14(3)18(21)22-5/h6-10,13-14,16H,11-12H2,1-5H3. The van der Waals surface area contributed by atoms with E-state index in [-0.39, 0.29) is 29.0 Å². The van der Waals surface area contributed by atoms with Crippen molar-refractivity contribution < 1.29 is 14.3 Å². The quantitative estimate of drug-likeness (QED) is 0.683. The summed E-state index contributed by atoms with van der Waals surface area (Å²) in [6, 6.07) is 10.1. The molecule has 0 aromatic heterocycles. The maximum Gasteiger partial charge on any atom is 0.310 e. The molecule has 0 saturated heterocycles. The van der Waals surface area contributed by atoms with E-state index in [9.17, 15) is 9.59 Å². The first kappa shape index (κ1) is 19.6. The van der Waals surface area contributed by atoms with Crippen molar-refractivity contribution in [2.24, 2.45) is 11.8 Å². The molecular formula is C18H27NO3S. The molecule has 0 aliphatic rings. The van der Waals surface area contributed by atoms with E-state index in [1.54, 1.807) is 30.6 Å². The van der Waals surface area contributed by atoms with E-state index in [0.29, 0.717) is 6.54 Å². The second-order valence-corrected chi connectivity index (χ2v) is 7.23. The Morgan fingerprint density at radius 1 is 1.17 bits per heavy atom. The van der Waals surface area contributed by atoms with Gasteiger partial charge in [-0.3, -0.25) is 9.59 Å². The maximum atomic E-state index is 12.7. The van der Waals surface area contributed by atoms with Crippen molar-refractivity contribution in [3.63, 3.8) is 0 Å². The molecule has 1 aromatic carbocycles. The van der Waals surface area contributed by atoms with Crippen LogP contribution >= 0.6 is 11.8 Å². The molecule has 0 aliphatic carbocycles. The summed E-state index contributed by atoms with van der Waals surface area (Å²) in [4.78, 5) is 25.9. The lowest BCUT2D eigenvalue weighted by molar-refractivity contribution is -0.146. The van der Waals surface area contributed by atoms with Gasteiger partial charge in [0, 0.05) is 19.3 Å². The number of rotatable bonds is 8. The van der Waals surface area contributed by atoms with Gasteiger partial charge in [-0.1, -0.05) is 51.1 Å². The van der Waals surface area contributed by atoms with E-state index in [2.05, 4.69) is 26.0 Å². The average Bonchev–Trinajstić information content (AvgIpc) is 2.54. The molecule has 23 heavy (non-hydrogen) atoms. The second-order valence-electron chi connectivity index (χ2n) is 6.10. The number of methoxy groups -OCH3 is 1. The molecule has 4 nitrogen and oxygen atoms in total. The minimum absolute atomic E-state index is 0.0664. The van der Waals surface area contributed by atoms with Crippen LogP contribution in [0.2, 0.25) is 0 Å². The summed E-state index contributed by atoms with van der Waals surface area (Å²) in [5.41, 5.74) is 1.21. The number of amides is 1. The Labute approximate surface area is 143 Å². The van der Waals surface area contributed by atoms with Gasteiger partial charge in [0.15, 0.2) is 0 Å². The van der Waals surface area contributed by atoms with Crippen LogP contribution in [-0.2, 0) is 20.1 Å². The van der Waals surface area contributed by atoms with E-state index >= 15 is 0 Å². The lowest BCUT2D eigenvalue weighted by Crippen LogP contribution is -2.41. The van der Waals surface area contributed by atoms with E-state index in [0.717, 1.165) is 5.75 Å². The van der Waals surface area contributed by atoms with E-state index in [1.807, 2.05) is 18.2 Å². The predicted octanol–water partition coefficient (Wildman–Crippen LogP) is 3.21. The van der Waals surface area contributed by atoms with Gasteiger partial charge < -0.3 is 9.64 Å². The number of esters is 1. The number of carbonyl (C=O) groups is 2. The van der Waals surface area contributed by atoms with Gasteiger partial charge in [0.05, 0.1) is 18.3 Å². The zero-order chi connectivity index (χ0) is 17.4. The third kappa shape index (κ3) is 6.26. The Bertz CT molecular complexity index is 504. The van der Waals surface area contributed by atoms with Crippen molar-refractivity contribution >= 4 is 23.6 Å². The smallest absolute Gasteiger partial charge is 0.310 e. The van der Waals surface area contributed by atoms with Crippen molar-refractivity contribution in [2.45, 2.75) is 31.8 Å². The van der Waals surface area contributed by atoms with Gasteiger partial charge in [-0.05, 0) is 11.5 Å². The van der Waals surface area contributed by atoms with E-state index < -0.39 is 0 Å². The van der Waals surface area contributed by atoms with Crippen LogP contribution in [0, 0.1) is 11.8 Å². The van der Waals surface area contributed by atoms with Crippen molar-refractivity contribution in [1.82, 2.24) is 4.90 Å². The monoisotopic (exact) mass is 337 g/mol. The average molecular weight is 337 g/mol. The highest BCUT2D eigenvalue weighted by molar-refractivity contribution is 7.99. The number of hydrogen-bond donors (Lipinski definition) is 0. The molecule has 2 atom stereocenters. The molecule has 0 radical (unpaired) electrons. The number of ether oxygens (including phenoxy) is 1. The minimum atomic E-state index is -0.319. The van der Waals surface area contributed by atoms with Gasteiger partial charge in [0.1, 0.15) is 0 Å². The predicted molar refractivity (Wildman–Crippen MR) is 95.2 cm³/mol. The van der Waals surface area contributed by atoms with Gasteiger partial charge in [0.25, 0.3) is 0 Å². The Kier molecular flexibility index (Phi) is 8.17. The van der Waals surface area contributed by atoms with Crippen LogP contribution in [0.3, 0.4) is 0 Å². The molecule has 1 aromatic rings. The van der Waals surface area contributed by atoms with Crippen LogP contribution in [0.25, 0.3) is 0 Å². The molecule has 0 N–H and O–H groups in total. The number of carbonyl (C=O) groups excluding carboxylic acids is 2. The van der Waals surface area contributed by atoms with Gasteiger partial charge in [0.2, 0.25) is 5.91 Å².